The lowest BCUT2D eigenvalue weighted by Gasteiger charge is -2.13. The fourth-order valence-electron chi connectivity index (χ4n) is 1.61. The Hall–Kier alpha value is -1.45. The van der Waals surface area contributed by atoms with Crippen LogP contribution in [0.3, 0.4) is 0 Å². The van der Waals surface area contributed by atoms with Crippen LogP contribution in [-0.2, 0) is 0 Å². The molecule has 17 heavy (non-hydrogen) atoms. The molecule has 2 nitrogen and oxygen atoms in total. The summed E-state index contributed by atoms with van der Waals surface area (Å²) in [6.07, 6.45) is 0.511. The maximum Gasteiger partial charge on any atom is 0.123 e. The van der Waals surface area contributed by atoms with Crippen molar-refractivity contribution in [3.63, 3.8) is 0 Å². The van der Waals surface area contributed by atoms with E-state index in [1.165, 1.54) is 18.3 Å². The quantitative estimate of drug-likeness (QED) is 0.889. The van der Waals surface area contributed by atoms with Gasteiger partial charge < -0.3 is 5.11 Å². The van der Waals surface area contributed by atoms with Crippen molar-refractivity contribution in [1.82, 2.24) is 4.98 Å². The molecule has 0 bridgehead atoms. The van der Waals surface area contributed by atoms with E-state index in [0.717, 1.165) is 5.56 Å². The molecule has 2 aromatic rings. The number of nitrogens with zero attached hydrogens (tertiary/aromatic N) is 1. The lowest BCUT2D eigenvalue weighted by Crippen LogP contribution is -2.04. The van der Waals surface area contributed by atoms with E-state index in [0.29, 0.717) is 16.3 Å². The van der Waals surface area contributed by atoms with Gasteiger partial charge in [-0.15, -0.1) is 0 Å². The van der Waals surface area contributed by atoms with E-state index in [2.05, 4.69) is 4.98 Å². The normalized spacial score (nSPS) is 12.5. The summed E-state index contributed by atoms with van der Waals surface area (Å²) in [5, 5.41) is 10.6. The number of hydrogen-bond donors (Lipinski definition) is 1. The smallest absolute Gasteiger partial charge is 0.123 e. The molecule has 1 aromatic carbocycles. The second-order valence-corrected chi connectivity index (χ2v) is 4.24. The van der Waals surface area contributed by atoms with Gasteiger partial charge in [0.1, 0.15) is 11.9 Å². The summed E-state index contributed by atoms with van der Waals surface area (Å²) in [5.74, 6) is -0.376. The van der Waals surface area contributed by atoms with Gasteiger partial charge in [-0.2, -0.15) is 0 Å². The van der Waals surface area contributed by atoms with Crippen molar-refractivity contribution in [1.29, 1.82) is 0 Å². The molecule has 1 heterocycles. The highest BCUT2D eigenvalue weighted by Gasteiger charge is 2.14. The molecule has 0 aliphatic rings. The Morgan fingerprint density at radius 2 is 2.06 bits per heavy atom. The Labute approximate surface area is 104 Å². The van der Waals surface area contributed by atoms with E-state index in [1.54, 1.807) is 18.2 Å². The molecular formula is C13H11ClFNO. The Bertz CT molecular complexity index is 527. The van der Waals surface area contributed by atoms with Crippen molar-refractivity contribution in [3.8, 4) is 0 Å². The van der Waals surface area contributed by atoms with Gasteiger partial charge in [0.25, 0.3) is 0 Å². The van der Waals surface area contributed by atoms with E-state index in [-0.39, 0.29) is 5.82 Å². The molecule has 0 saturated carbocycles. The molecule has 0 aliphatic carbocycles. The molecule has 0 aliphatic heterocycles. The fourth-order valence-corrected chi connectivity index (χ4v) is 1.73. The van der Waals surface area contributed by atoms with E-state index < -0.39 is 6.10 Å². The molecule has 0 saturated heterocycles. The first-order chi connectivity index (χ1) is 8.08. The third-order valence-electron chi connectivity index (χ3n) is 2.57. The molecule has 1 N–H and O–H groups in total. The third-order valence-corrected chi connectivity index (χ3v) is 2.79. The standard InChI is InChI=1S/C13H11ClFNO/c1-8-2-4-10(15)6-11(8)13(17)12-5-3-9(14)7-16-12/h2-7,13,17H,1H3. The van der Waals surface area contributed by atoms with Crippen LogP contribution in [-0.4, -0.2) is 10.1 Å². The summed E-state index contributed by atoms with van der Waals surface area (Å²) in [4.78, 5) is 4.02. The Balaban J connectivity index is 2.39. The molecular weight excluding hydrogens is 241 g/mol. The first kappa shape index (κ1) is 12.0. The van der Waals surface area contributed by atoms with Crippen LogP contribution in [0.25, 0.3) is 0 Å². The molecule has 0 spiro atoms. The van der Waals surface area contributed by atoms with Gasteiger partial charge in [0, 0.05) is 6.20 Å². The summed E-state index contributed by atoms with van der Waals surface area (Å²) < 4.78 is 13.1. The van der Waals surface area contributed by atoms with Crippen LogP contribution >= 0.6 is 11.6 Å². The molecule has 0 fully saturated rings. The van der Waals surface area contributed by atoms with Crippen molar-refractivity contribution in [2.75, 3.05) is 0 Å². The van der Waals surface area contributed by atoms with Crippen LogP contribution in [0.1, 0.15) is 22.9 Å². The van der Waals surface area contributed by atoms with Crippen LogP contribution in [0.5, 0.6) is 0 Å². The van der Waals surface area contributed by atoms with E-state index in [1.807, 2.05) is 6.92 Å². The second-order valence-electron chi connectivity index (χ2n) is 3.80. The lowest BCUT2D eigenvalue weighted by atomic mass is 10.0. The average Bonchev–Trinajstić information content (AvgIpc) is 2.32. The van der Waals surface area contributed by atoms with E-state index in [4.69, 9.17) is 11.6 Å². The zero-order valence-corrected chi connectivity index (χ0v) is 9.95. The summed E-state index contributed by atoms with van der Waals surface area (Å²) in [6, 6.07) is 7.57. The monoisotopic (exact) mass is 251 g/mol. The van der Waals surface area contributed by atoms with Crippen LogP contribution in [0.2, 0.25) is 5.02 Å². The van der Waals surface area contributed by atoms with Crippen molar-refractivity contribution in [3.05, 3.63) is 64.2 Å². The highest BCUT2D eigenvalue weighted by molar-refractivity contribution is 6.30. The number of halogens is 2. The maximum absolute atomic E-state index is 13.1. The number of rotatable bonds is 2. The van der Waals surface area contributed by atoms with Crippen LogP contribution < -0.4 is 0 Å². The SMILES string of the molecule is Cc1ccc(F)cc1C(O)c1ccc(Cl)cn1. The first-order valence-corrected chi connectivity index (χ1v) is 5.51. The van der Waals surface area contributed by atoms with Crippen molar-refractivity contribution < 1.29 is 9.50 Å². The fraction of sp³-hybridized carbons (Fsp3) is 0.154. The minimum atomic E-state index is -0.942. The number of aliphatic hydroxyl groups is 1. The molecule has 0 radical (unpaired) electrons. The molecule has 0 amide bonds. The molecule has 1 unspecified atom stereocenters. The summed E-state index contributed by atoms with van der Waals surface area (Å²) in [5.41, 5.74) is 1.78. The van der Waals surface area contributed by atoms with Gasteiger partial charge in [0.15, 0.2) is 0 Å². The Morgan fingerprint density at radius 1 is 1.29 bits per heavy atom. The molecule has 1 atom stereocenters. The minimum absolute atomic E-state index is 0.376. The summed E-state index contributed by atoms with van der Waals surface area (Å²) >= 11 is 5.71. The van der Waals surface area contributed by atoms with Crippen molar-refractivity contribution in [2.45, 2.75) is 13.0 Å². The predicted octanol–water partition coefficient (Wildman–Crippen LogP) is 3.26. The maximum atomic E-state index is 13.1. The number of benzene rings is 1. The van der Waals surface area contributed by atoms with Gasteiger partial charge in [-0.05, 0) is 42.3 Å². The number of hydrogen-bond acceptors (Lipinski definition) is 2. The minimum Gasteiger partial charge on any atom is -0.382 e. The molecule has 88 valence electrons. The highest BCUT2D eigenvalue weighted by Crippen LogP contribution is 2.24. The number of aromatic nitrogens is 1. The topological polar surface area (TPSA) is 33.1 Å². The molecule has 4 heteroatoms. The van der Waals surface area contributed by atoms with Gasteiger partial charge in [-0.1, -0.05) is 17.7 Å². The average molecular weight is 252 g/mol. The number of aryl methyl sites for hydroxylation is 1. The van der Waals surface area contributed by atoms with Gasteiger partial charge >= 0.3 is 0 Å². The van der Waals surface area contributed by atoms with E-state index in [9.17, 15) is 9.50 Å². The lowest BCUT2D eigenvalue weighted by molar-refractivity contribution is 0.214. The van der Waals surface area contributed by atoms with Crippen LogP contribution in [0.15, 0.2) is 36.5 Å². The van der Waals surface area contributed by atoms with Crippen molar-refractivity contribution in [2.24, 2.45) is 0 Å². The van der Waals surface area contributed by atoms with Gasteiger partial charge in [-0.3, -0.25) is 4.98 Å². The zero-order valence-electron chi connectivity index (χ0n) is 9.19. The molecule has 2 rings (SSSR count). The Morgan fingerprint density at radius 3 is 2.71 bits per heavy atom. The van der Waals surface area contributed by atoms with E-state index >= 15 is 0 Å². The van der Waals surface area contributed by atoms with Gasteiger partial charge in [0.05, 0.1) is 10.7 Å². The third kappa shape index (κ3) is 2.62. The van der Waals surface area contributed by atoms with Crippen LogP contribution in [0.4, 0.5) is 4.39 Å². The van der Waals surface area contributed by atoms with Gasteiger partial charge in [0.2, 0.25) is 0 Å². The predicted molar refractivity (Wildman–Crippen MR) is 64.4 cm³/mol. The summed E-state index contributed by atoms with van der Waals surface area (Å²) in [7, 11) is 0. The molecule has 1 aromatic heterocycles. The second kappa shape index (κ2) is 4.82. The Kier molecular flexibility index (Phi) is 3.41. The van der Waals surface area contributed by atoms with Gasteiger partial charge in [-0.25, -0.2) is 4.39 Å². The number of aliphatic hydroxyl groups excluding tert-OH is 1. The van der Waals surface area contributed by atoms with Crippen molar-refractivity contribution >= 4 is 11.6 Å². The number of pyridine rings is 1. The summed E-state index contributed by atoms with van der Waals surface area (Å²) in [6.45, 7) is 1.81. The first-order valence-electron chi connectivity index (χ1n) is 5.13. The largest absolute Gasteiger partial charge is 0.382 e. The highest BCUT2D eigenvalue weighted by atomic mass is 35.5. The van der Waals surface area contributed by atoms with Crippen LogP contribution in [0, 0.1) is 12.7 Å². The zero-order chi connectivity index (χ0) is 12.4.